The second-order valence-electron chi connectivity index (χ2n) is 3.71. The Kier molecular flexibility index (Phi) is 2.23. The van der Waals surface area contributed by atoms with Crippen molar-refractivity contribution in [2.24, 2.45) is 10.7 Å². The molecule has 0 atom stereocenters. The maximum atomic E-state index is 13.0. The first-order valence-corrected chi connectivity index (χ1v) is 4.76. The van der Waals surface area contributed by atoms with Crippen LogP contribution in [0.5, 0.6) is 0 Å². The Bertz CT molecular complexity index is 381. The van der Waals surface area contributed by atoms with Gasteiger partial charge in [-0.25, -0.2) is 4.39 Å². The molecule has 0 amide bonds. The Balaban J connectivity index is 2.27. The molecule has 2 nitrogen and oxygen atoms in total. The minimum absolute atomic E-state index is 0.201. The van der Waals surface area contributed by atoms with Crippen LogP contribution in [0.15, 0.2) is 23.2 Å². The van der Waals surface area contributed by atoms with Crippen molar-refractivity contribution in [1.82, 2.24) is 0 Å². The van der Waals surface area contributed by atoms with Gasteiger partial charge >= 0.3 is 0 Å². The number of amidine groups is 1. The fraction of sp³-hybridized carbons (Fsp3) is 0.364. The molecular formula is C11H13FN2. The van der Waals surface area contributed by atoms with Gasteiger partial charge in [-0.3, -0.25) is 4.99 Å². The molecule has 2 N–H and O–H groups in total. The average Bonchev–Trinajstić information content (AvgIpc) is 2.93. The lowest BCUT2D eigenvalue weighted by atomic mass is 10.1. The van der Waals surface area contributed by atoms with Crippen LogP contribution in [0.25, 0.3) is 0 Å². The molecule has 3 heteroatoms. The monoisotopic (exact) mass is 192 g/mol. The van der Waals surface area contributed by atoms with Crippen LogP contribution in [-0.4, -0.2) is 11.9 Å². The predicted molar refractivity (Wildman–Crippen MR) is 54.9 cm³/mol. The van der Waals surface area contributed by atoms with E-state index in [-0.39, 0.29) is 5.82 Å². The fourth-order valence-corrected chi connectivity index (χ4v) is 1.28. The summed E-state index contributed by atoms with van der Waals surface area (Å²) in [7, 11) is 0. The van der Waals surface area contributed by atoms with E-state index in [1.54, 1.807) is 19.1 Å². The molecule has 1 aromatic rings. The maximum Gasteiger partial charge on any atom is 0.126 e. The first kappa shape index (κ1) is 9.19. The molecule has 0 bridgehead atoms. The molecule has 74 valence electrons. The lowest BCUT2D eigenvalue weighted by Crippen LogP contribution is -2.14. The molecule has 0 radical (unpaired) electrons. The summed E-state index contributed by atoms with van der Waals surface area (Å²) in [6.07, 6.45) is 2.25. The van der Waals surface area contributed by atoms with Crippen LogP contribution in [-0.2, 0) is 0 Å². The van der Waals surface area contributed by atoms with Crippen LogP contribution < -0.4 is 5.73 Å². The number of aliphatic imine (C=N–C) groups is 1. The zero-order chi connectivity index (χ0) is 10.1. The van der Waals surface area contributed by atoms with Gasteiger partial charge in [0.2, 0.25) is 0 Å². The van der Waals surface area contributed by atoms with E-state index in [1.807, 2.05) is 0 Å². The molecule has 0 aromatic heterocycles. The number of benzene rings is 1. The highest BCUT2D eigenvalue weighted by Gasteiger charge is 2.20. The molecule has 0 heterocycles. The number of nitrogens with zero attached hydrogens (tertiary/aromatic N) is 1. The molecule has 0 unspecified atom stereocenters. The van der Waals surface area contributed by atoms with E-state index in [2.05, 4.69) is 4.99 Å². The number of aryl methyl sites for hydroxylation is 1. The van der Waals surface area contributed by atoms with Crippen molar-refractivity contribution in [3.05, 3.63) is 35.1 Å². The van der Waals surface area contributed by atoms with Crippen molar-refractivity contribution in [2.75, 3.05) is 0 Å². The fourth-order valence-electron chi connectivity index (χ4n) is 1.28. The minimum atomic E-state index is -0.201. The van der Waals surface area contributed by atoms with Gasteiger partial charge in [-0.1, -0.05) is 0 Å². The molecule has 2 rings (SSSR count). The first-order valence-electron chi connectivity index (χ1n) is 4.76. The third-order valence-corrected chi connectivity index (χ3v) is 2.32. The van der Waals surface area contributed by atoms with Gasteiger partial charge in [-0.2, -0.15) is 0 Å². The zero-order valence-corrected chi connectivity index (χ0v) is 8.13. The van der Waals surface area contributed by atoms with Crippen molar-refractivity contribution < 1.29 is 4.39 Å². The van der Waals surface area contributed by atoms with Crippen LogP contribution >= 0.6 is 0 Å². The van der Waals surface area contributed by atoms with Gasteiger partial charge in [0, 0.05) is 5.56 Å². The van der Waals surface area contributed by atoms with Crippen LogP contribution in [0.4, 0.5) is 4.39 Å². The van der Waals surface area contributed by atoms with Crippen molar-refractivity contribution in [3.8, 4) is 0 Å². The Morgan fingerprint density at radius 1 is 1.50 bits per heavy atom. The highest BCUT2D eigenvalue weighted by Crippen LogP contribution is 2.24. The lowest BCUT2D eigenvalue weighted by Gasteiger charge is -2.02. The summed E-state index contributed by atoms with van der Waals surface area (Å²) < 4.78 is 13.0. The lowest BCUT2D eigenvalue weighted by molar-refractivity contribution is 0.618. The van der Waals surface area contributed by atoms with E-state index >= 15 is 0 Å². The van der Waals surface area contributed by atoms with Gasteiger partial charge in [0.05, 0.1) is 6.04 Å². The van der Waals surface area contributed by atoms with Crippen molar-refractivity contribution in [1.29, 1.82) is 0 Å². The standard InChI is InChI=1S/C11H13FN2/c1-7-6-8(2-5-10(7)12)11(13)14-9-3-4-9/h2,5-6,9H,3-4H2,1H3,(H2,13,14). The van der Waals surface area contributed by atoms with Gasteiger partial charge in [-0.05, 0) is 43.5 Å². The van der Waals surface area contributed by atoms with Crippen LogP contribution in [0.1, 0.15) is 24.0 Å². The van der Waals surface area contributed by atoms with Crippen molar-refractivity contribution in [3.63, 3.8) is 0 Å². The first-order chi connectivity index (χ1) is 6.66. The minimum Gasteiger partial charge on any atom is -0.383 e. The predicted octanol–water partition coefficient (Wildman–Crippen LogP) is 2.00. The molecule has 14 heavy (non-hydrogen) atoms. The molecule has 1 fully saturated rings. The van der Waals surface area contributed by atoms with Crippen molar-refractivity contribution in [2.45, 2.75) is 25.8 Å². The van der Waals surface area contributed by atoms with E-state index in [0.29, 0.717) is 17.4 Å². The van der Waals surface area contributed by atoms with E-state index < -0.39 is 0 Å². The largest absolute Gasteiger partial charge is 0.383 e. The van der Waals surface area contributed by atoms with Crippen LogP contribution in [0.3, 0.4) is 0 Å². The Morgan fingerprint density at radius 2 is 2.21 bits per heavy atom. The Hall–Kier alpha value is -1.38. The van der Waals surface area contributed by atoms with Crippen LogP contribution in [0, 0.1) is 12.7 Å². The Morgan fingerprint density at radius 3 is 2.79 bits per heavy atom. The molecular weight excluding hydrogens is 179 g/mol. The number of hydrogen-bond acceptors (Lipinski definition) is 1. The zero-order valence-electron chi connectivity index (χ0n) is 8.13. The van der Waals surface area contributed by atoms with E-state index in [4.69, 9.17) is 5.73 Å². The third-order valence-electron chi connectivity index (χ3n) is 2.32. The molecule has 0 saturated heterocycles. The molecule has 0 spiro atoms. The molecule has 1 saturated carbocycles. The summed E-state index contributed by atoms with van der Waals surface area (Å²) in [5.74, 6) is 0.323. The number of hydrogen-bond donors (Lipinski definition) is 1. The van der Waals surface area contributed by atoms with Gasteiger partial charge < -0.3 is 5.73 Å². The summed E-state index contributed by atoms with van der Waals surface area (Å²) in [4.78, 5) is 4.30. The van der Waals surface area contributed by atoms with E-state index in [1.165, 1.54) is 6.07 Å². The molecule has 1 aliphatic rings. The van der Waals surface area contributed by atoms with Gasteiger partial charge in [0.1, 0.15) is 11.7 Å². The summed E-state index contributed by atoms with van der Waals surface area (Å²) in [5, 5.41) is 0. The normalized spacial score (nSPS) is 17.1. The van der Waals surface area contributed by atoms with Crippen molar-refractivity contribution >= 4 is 5.84 Å². The summed E-state index contributed by atoms with van der Waals surface area (Å²) in [6, 6.07) is 5.24. The van der Waals surface area contributed by atoms with Gasteiger partial charge in [0.25, 0.3) is 0 Å². The molecule has 1 aliphatic carbocycles. The second-order valence-corrected chi connectivity index (χ2v) is 3.71. The number of nitrogens with two attached hydrogens (primary N) is 1. The third kappa shape index (κ3) is 1.92. The highest BCUT2D eigenvalue weighted by atomic mass is 19.1. The summed E-state index contributed by atoms with van der Waals surface area (Å²) in [6.45, 7) is 1.73. The van der Waals surface area contributed by atoms with Gasteiger partial charge in [-0.15, -0.1) is 0 Å². The topological polar surface area (TPSA) is 38.4 Å². The SMILES string of the molecule is Cc1cc(C(N)=NC2CC2)ccc1F. The summed E-state index contributed by atoms with van der Waals surface area (Å²) >= 11 is 0. The smallest absolute Gasteiger partial charge is 0.126 e. The average molecular weight is 192 g/mol. The maximum absolute atomic E-state index is 13.0. The van der Waals surface area contributed by atoms with Gasteiger partial charge in [0.15, 0.2) is 0 Å². The number of halogens is 1. The highest BCUT2D eigenvalue weighted by molar-refractivity contribution is 5.97. The van der Waals surface area contributed by atoms with Crippen LogP contribution in [0.2, 0.25) is 0 Å². The van der Waals surface area contributed by atoms with E-state index in [9.17, 15) is 4.39 Å². The second kappa shape index (κ2) is 3.40. The molecule has 1 aromatic carbocycles. The van der Waals surface area contributed by atoms with E-state index in [0.717, 1.165) is 18.4 Å². The number of rotatable bonds is 2. The molecule has 0 aliphatic heterocycles. The summed E-state index contributed by atoms with van der Waals surface area (Å²) in [5.41, 5.74) is 7.21. The quantitative estimate of drug-likeness (QED) is 0.565. The Labute approximate surface area is 82.7 Å².